The normalized spacial score (nSPS) is 17.2. The average Bonchev–Trinajstić information content (AvgIpc) is 2.89. The van der Waals surface area contributed by atoms with Crippen molar-refractivity contribution in [1.82, 2.24) is 15.6 Å². The van der Waals surface area contributed by atoms with E-state index in [1.807, 2.05) is 20.8 Å². The van der Waals surface area contributed by atoms with Gasteiger partial charge in [-0.1, -0.05) is 0 Å². The van der Waals surface area contributed by atoms with Crippen LogP contribution in [-0.4, -0.2) is 50.0 Å². The molecule has 1 fully saturated rings. The van der Waals surface area contributed by atoms with Crippen LogP contribution in [0.2, 0.25) is 0 Å². The van der Waals surface area contributed by atoms with Gasteiger partial charge in [0.05, 0.1) is 11.3 Å². The van der Waals surface area contributed by atoms with Gasteiger partial charge in [0.1, 0.15) is 12.3 Å². The predicted molar refractivity (Wildman–Crippen MR) is 104 cm³/mol. The van der Waals surface area contributed by atoms with Gasteiger partial charge in [-0.3, -0.25) is 0 Å². The number of oxazole rings is 1. The fourth-order valence-electron chi connectivity index (χ4n) is 2.54. The Morgan fingerprint density at radius 2 is 2.00 bits per heavy atom. The van der Waals surface area contributed by atoms with Crippen LogP contribution in [0.4, 0.5) is 0 Å². The quantitative estimate of drug-likeness (QED) is 0.391. The zero-order valence-corrected chi connectivity index (χ0v) is 17.3. The minimum absolute atomic E-state index is 0. The van der Waals surface area contributed by atoms with Gasteiger partial charge in [0.25, 0.3) is 0 Å². The molecule has 2 heterocycles. The van der Waals surface area contributed by atoms with Crippen molar-refractivity contribution in [2.45, 2.75) is 45.8 Å². The second kappa shape index (κ2) is 10.2. The van der Waals surface area contributed by atoms with Crippen molar-refractivity contribution in [2.24, 2.45) is 4.99 Å². The number of guanidine groups is 1. The van der Waals surface area contributed by atoms with Gasteiger partial charge < -0.3 is 24.5 Å². The van der Waals surface area contributed by atoms with Crippen LogP contribution in [-0.2, 0) is 16.0 Å². The molecule has 0 aromatic carbocycles. The average molecular weight is 452 g/mol. The van der Waals surface area contributed by atoms with E-state index < -0.39 is 0 Å². The number of aryl methyl sites for hydroxylation is 2. The molecular weight excluding hydrogens is 423 g/mol. The molecule has 0 aliphatic carbocycles. The maximum atomic E-state index is 5.73. The van der Waals surface area contributed by atoms with Crippen molar-refractivity contribution < 1.29 is 13.9 Å². The summed E-state index contributed by atoms with van der Waals surface area (Å²) in [6.07, 6.45) is 1.77. The molecule has 1 aromatic rings. The smallest absolute Gasteiger partial charge is 0.216 e. The lowest BCUT2D eigenvalue weighted by molar-refractivity contribution is -0.0855. The third-order valence-electron chi connectivity index (χ3n) is 4.20. The first-order valence-corrected chi connectivity index (χ1v) is 8.16. The first kappa shape index (κ1) is 21.2. The summed E-state index contributed by atoms with van der Waals surface area (Å²) >= 11 is 0. The van der Waals surface area contributed by atoms with E-state index in [1.54, 1.807) is 7.11 Å². The number of methoxy groups -OCH3 is 1. The first-order valence-electron chi connectivity index (χ1n) is 8.16. The van der Waals surface area contributed by atoms with Crippen LogP contribution in [0.3, 0.4) is 0 Å². The number of halogens is 1. The van der Waals surface area contributed by atoms with E-state index in [9.17, 15) is 0 Å². The SMILES string of the molecule is CCNC(=NCc1nc(C)c(C)o1)NCC1(OC)CCOCC1.I. The molecule has 0 unspecified atom stereocenters. The number of nitrogens with zero attached hydrogens (tertiary/aromatic N) is 2. The maximum Gasteiger partial charge on any atom is 0.216 e. The van der Waals surface area contributed by atoms with Crippen molar-refractivity contribution in [2.75, 3.05) is 33.4 Å². The van der Waals surface area contributed by atoms with E-state index in [0.717, 1.165) is 50.0 Å². The Kier molecular flexibility index (Phi) is 8.99. The number of aromatic nitrogens is 1. The molecule has 0 spiro atoms. The molecule has 1 aliphatic rings. The highest BCUT2D eigenvalue weighted by Crippen LogP contribution is 2.23. The highest BCUT2D eigenvalue weighted by Gasteiger charge is 2.32. The van der Waals surface area contributed by atoms with Crippen molar-refractivity contribution in [3.8, 4) is 0 Å². The molecule has 0 bridgehead atoms. The summed E-state index contributed by atoms with van der Waals surface area (Å²) in [4.78, 5) is 8.89. The lowest BCUT2D eigenvalue weighted by atomic mass is 9.94. The molecule has 138 valence electrons. The third-order valence-corrected chi connectivity index (χ3v) is 4.20. The standard InChI is InChI=1S/C16H28N4O3.HI/c1-5-17-15(18-10-14-20-12(2)13(3)23-14)19-11-16(21-4)6-8-22-9-7-16;/h5-11H2,1-4H3,(H2,17,18,19);1H. The van der Waals surface area contributed by atoms with Crippen molar-refractivity contribution in [3.05, 3.63) is 17.3 Å². The maximum absolute atomic E-state index is 5.73. The molecule has 7 nitrogen and oxygen atoms in total. The van der Waals surface area contributed by atoms with Crippen molar-refractivity contribution in [1.29, 1.82) is 0 Å². The molecule has 0 amide bonds. The van der Waals surface area contributed by atoms with E-state index in [2.05, 4.69) is 20.6 Å². The van der Waals surface area contributed by atoms with Gasteiger partial charge in [0.15, 0.2) is 5.96 Å². The van der Waals surface area contributed by atoms with Crippen LogP contribution in [0.5, 0.6) is 0 Å². The Balaban J connectivity index is 0.00000288. The molecule has 1 saturated heterocycles. The topological polar surface area (TPSA) is 80.9 Å². The monoisotopic (exact) mass is 452 g/mol. The summed E-state index contributed by atoms with van der Waals surface area (Å²) in [5.41, 5.74) is 0.721. The zero-order chi connectivity index (χ0) is 16.7. The summed E-state index contributed by atoms with van der Waals surface area (Å²) < 4.78 is 16.7. The number of ether oxygens (including phenoxy) is 2. The summed E-state index contributed by atoms with van der Waals surface area (Å²) in [6, 6.07) is 0. The van der Waals surface area contributed by atoms with E-state index >= 15 is 0 Å². The van der Waals surface area contributed by atoms with Crippen LogP contribution in [0.1, 0.15) is 37.1 Å². The molecule has 1 aromatic heterocycles. The van der Waals surface area contributed by atoms with Crippen LogP contribution in [0, 0.1) is 13.8 Å². The second-order valence-electron chi connectivity index (χ2n) is 5.80. The van der Waals surface area contributed by atoms with E-state index in [1.165, 1.54) is 0 Å². The number of hydrogen-bond donors (Lipinski definition) is 2. The van der Waals surface area contributed by atoms with Crippen LogP contribution in [0.15, 0.2) is 9.41 Å². The molecule has 24 heavy (non-hydrogen) atoms. The Bertz CT molecular complexity index is 508. The Hall–Kier alpha value is -0.870. The van der Waals surface area contributed by atoms with E-state index in [4.69, 9.17) is 13.9 Å². The Morgan fingerprint density at radius 3 is 2.54 bits per heavy atom. The predicted octanol–water partition coefficient (Wildman–Crippen LogP) is 2.16. The van der Waals surface area contributed by atoms with Gasteiger partial charge in [0.2, 0.25) is 5.89 Å². The highest BCUT2D eigenvalue weighted by molar-refractivity contribution is 14.0. The molecule has 0 radical (unpaired) electrons. The zero-order valence-electron chi connectivity index (χ0n) is 15.0. The fraction of sp³-hybridized carbons (Fsp3) is 0.750. The summed E-state index contributed by atoms with van der Waals surface area (Å²) in [7, 11) is 1.76. The van der Waals surface area contributed by atoms with Crippen LogP contribution in [0.25, 0.3) is 0 Å². The minimum Gasteiger partial charge on any atom is -0.444 e. The summed E-state index contributed by atoms with van der Waals surface area (Å²) in [6.45, 7) is 9.25. The van der Waals surface area contributed by atoms with Crippen molar-refractivity contribution in [3.63, 3.8) is 0 Å². The number of rotatable bonds is 6. The van der Waals surface area contributed by atoms with Gasteiger partial charge in [-0.15, -0.1) is 24.0 Å². The summed E-state index contributed by atoms with van der Waals surface area (Å²) in [5, 5.41) is 6.60. The molecule has 2 rings (SSSR count). The molecule has 0 atom stereocenters. The largest absolute Gasteiger partial charge is 0.444 e. The van der Waals surface area contributed by atoms with Crippen LogP contribution < -0.4 is 10.6 Å². The summed E-state index contributed by atoms with van der Waals surface area (Å²) in [5.74, 6) is 2.21. The van der Waals surface area contributed by atoms with Crippen LogP contribution >= 0.6 is 24.0 Å². The molecule has 2 N–H and O–H groups in total. The molecular formula is C16H29IN4O3. The number of aliphatic imine (C=N–C) groups is 1. The lowest BCUT2D eigenvalue weighted by Gasteiger charge is -2.36. The van der Waals surface area contributed by atoms with Gasteiger partial charge in [-0.25, -0.2) is 9.98 Å². The van der Waals surface area contributed by atoms with E-state index in [0.29, 0.717) is 19.0 Å². The van der Waals surface area contributed by atoms with Gasteiger partial charge in [-0.2, -0.15) is 0 Å². The van der Waals surface area contributed by atoms with Gasteiger partial charge in [-0.05, 0) is 20.8 Å². The number of hydrogen-bond acceptors (Lipinski definition) is 5. The van der Waals surface area contributed by atoms with E-state index in [-0.39, 0.29) is 29.6 Å². The fourth-order valence-corrected chi connectivity index (χ4v) is 2.54. The molecule has 0 saturated carbocycles. The Labute approximate surface area is 161 Å². The number of nitrogens with one attached hydrogen (secondary N) is 2. The minimum atomic E-state index is -0.190. The van der Waals surface area contributed by atoms with Gasteiger partial charge >= 0.3 is 0 Å². The van der Waals surface area contributed by atoms with Crippen molar-refractivity contribution >= 4 is 29.9 Å². The Morgan fingerprint density at radius 1 is 1.29 bits per heavy atom. The lowest BCUT2D eigenvalue weighted by Crippen LogP contribution is -2.50. The highest BCUT2D eigenvalue weighted by atomic mass is 127. The second-order valence-corrected chi connectivity index (χ2v) is 5.80. The van der Waals surface area contributed by atoms with Gasteiger partial charge in [0, 0.05) is 46.3 Å². The molecule has 1 aliphatic heterocycles. The molecule has 8 heteroatoms. The third kappa shape index (κ3) is 5.89. The first-order chi connectivity index (χ1) is 11.1.